The molecule has 0 saturated heterocycles. The SMILES string of the molecule is O=C(NCC1(O)CCC1)c1ccncc1. The molecule has 0 unspecified atom stereocenters. The molecule has 1 fully saturated rings. The van der Waals surface area contributed by atoms with Crippen LogP contribution in [0.25, 0.3) is 0 Å². The van der Waals surface area contributed by atoms with Crippen molar-refractivity contribution in [1.82, 2.24) is 10.3 Å². The van der Waals surface area contributed by atoms with E-state index in [-0.39, 0.29) is 5.91 Å². The van der Waals surface area contributed by atoms with Gasteiger partial charge in [-0.2, -0.15) is 0 Å². The summed E-state index contributed by atoms with van der Waals surface area (Å²) in [4.78, 5) is 15.4. The van der Waals surface area contributed by atoms with Crippen molar-refractivity contribution >= 4 is 5.91 Å². The molecule has 0 aliphatic heterocycles. The first kappa shape index (κ1) is 10.1. The Morgan fingerprint density at radius 2 is 2.13 bits per heavy atom. The number of nitrogens with zero attached hydrogens (tertiary/aromatic N) is 1. The Kier molecular flexibility index (Phi) is 2.68. The molecule has 0 radical (unpaired) electrons. The molecular formula is C11H14N2O2. The monoisotopic (exact) mass is 206 g/mol. The predicted octanol–water partition coefficient (Wildman–Crippen LogP) is 0.726. The molecule has 1 aromatic heterocycles. The molecule has 15 heavy (non-hydrogen) atoms. The molecule has 0 bridgehead atoms. The van der Waals surface area contributed by atoms with Crippen LogP contribution < -0.4 is 5.32 Å². The minimum atomic E-state index is -0.664. The van der Waals surface area contributed by atoms with Crippen molar-refractivity contribution in [3.8, 4) is 0 Å². The van der Waals surface area contributed by atoms with E-state index in [9.17, 15) is 9.90 Å². The largest absolute Gasteiger partial charge is 0.388 e. The molecule has 80 valence electrons. The highest BCUT2D eigenvalue weighted by Crippen LogP contribution is 2.30. The summed E-state index contributed by atoms with van der Waals surface area (Å²) in [5, 5.41) is 12.5. The Morgan fingerprint density at radius 3 is 2.67 bits per heavy atom. The third-order valence-electron chi connectivity index (χ3n) is 2.80. The average molecular weight is 206 g/mol. The van der Waals surface area contributed by atoms with Gasteiger partial charge in [0.1, 0.15) is 0 Å². The number of rotatable bonds is 3. The van der Waals surface area contributed by atoms with Gasteiger partial charge in [-0.3, -0.25) is 9.78 Å². The number of carbonyl (C=O) groups excluding carboxylic acids is 1. The molecule has 4 nitrogen and oxygen atoms in total. The summed E-state index contributed by atoms with van der Waals surface area (Å²) in [6.07, 6.45) is 5.76. The standard InChI is InChI=1S/C11H14N2O2/c14-10(9-2-6-12-7-3-9)13-8-11(15)4-1-5-11/h2-3,6-7,15H,1,4-5,8H2,(H,13,14). The molecular weight excluding hydrogens is 192 g/mol. The van der Waals surface area contributed by atoms with Crippen LogP contribution in [0.3, 0.4) is 0 Å². The molecule has 2 N–H and O–H groups in total. The number of aliphatic hydroxyl groups is 1. The summed E-state index contributed by atoms with van der Waals surface area (Å²) in [5.41, 5.74) is -0.0872. The van der Waals surface area contributed by atoms with Gasteiger partial charge in [-0.25, -0.2) is 0 Å². The number of aromatic nitrogens is 1. The van der Waals surface area contributed by atoms with E-state index in [0.717, 1.165) is 19.3 Å². The third-order valence-corrected chi connectivity index (χ3v) is 2.80. The summed E-state index contributed by atoms with van der Waals surface area (Å²) in [6, 6.07) is 3.31. The molecule has 2 rings (SSSR count). The normalized spacial score (nSPS) is 17.9. The average Bonchev–Trinajstić information content (AvgIpc) is 2.24. The minimum absolute atomic E-state index is 0.155. The fraction of sp³-hybridized carbons (Fsp3) is 0.455. The van der Waals surface area contributed by atoms with Crippen molar-refractivity contribution in [2.24, 2.45) is 0 Å². The van der Waals surface area contributed by atoms with Crippen LogP contribution in [0.2, 0.25) is 0 Å². The van der Waals surface area contributed by atoms with E-state index in [1.165, 1.54) is 0 Å². The number of carbonyl (C=O) groups is 1. The fourth-order valence-electron chi connectivity index (χ4n) is 1.61. The second-order valence-corrected chi connectivity index (χ2v) is 4.00. The summed E-state index contributed by atoms with van der Waals surface area (Å²) in [5.74, 6) is -0.155. The highest BCUT2D eigenvalue weighted by Gasteiger charge is 2.34. The molecule has 0 atom stereocenters. The first-order valence-electron chi connectivity index (χ1n) is 5.10. The van der Waals surface area contributed by atoms with Gasteiger partial charge in [0.05, 0.1) is 5.60 Å². The predicted molar refractivity (Wildman–Crippen MR) is 55.4 cm³/mol. The first-order chi connectivity index (χ1) is 7.20. The van der Waals surface area contributed by atoms with Crippen LogP contribution in [0.15, 0.2) is 24.5 Å². The van der Waals surface area contributed by atoms with Crippen LogP contribution in [0, 0.1) is 0 Å². The number of hydrogen-bond donors (Lipinski definition) is 2. The van der Waals surface area contributed by atoms with Crippen LogP contribution in [0.5, 0.6) is 0 Å². The van der Waals surface area contributed by atoms with Crippen molar-refractivity contribution in [3.05, 3.63) is 30.1 Å². The molecule has 1 saturated carbocycles. The van der Waals surface area contributed by atoms with Crippen molar-refractivity contribution in [2.45, 2.75) is 24.9 Å². The topological polar surface area (TPSA) is 62.2 Å². The van der Waals surface area contributed by atoms with Crippen LogP contribution in [-0.2, 0) is 0 Å². The summed E-state index contributed by atoms with van der Waals surface area (Å²) in [6.45, 7) is 0.341. The van der Waals surface area contributed by atoms with Gasteiger partial charge in [-0.05, 0) is 31.4 Å². The lowest BCUT2D eigenvalue weighted by atomic mass is 9.80. The van der Waals surface area contributed by atoms with Gasteiger partial charge >= 0.3 is 0 Å². The summed E-state index contributed by atoms with van der Waals surface area (Å²) >= 11 is 0. The van der Waals surface area contributed by atoms with Gasteiger partial charge < -0.3 is 10.4 Å². The highest BCUT2D eigenvalue weighted by atomic mass is 16.3. The molecule has 0 aromatic carbocycles. The molecule has 1 aliphatic carbocycles. The molecule has 0 spiro atoms. The van der Waals surface area contributed by atoms with Crippen LogP contribution in [0.4, 0.5) is 0 Å². The Bertz CT molecular complexity index is 347. The van der Waals surface area contributed by atoms with Gasteiger partial charge in [-0.15, -0.1) is 0 Å². The highest BCUT2D eigenvalue weighted by molar-refractivity contribution is 5.93. The van der Waals surface area contributed by atoms with E-state index < -0.39 is 5.60 Å². The Morgan fingerprint density at radius 1 is 1.47 bits per heavy atom. The molecule has 1 amide bonds. The van der Waals surface area contributed by atoms with E-state index in [0.29, 0.717) is 12.1 Å². The van der Waals surface area contributed by atoms with Gasteiger partial charge in [0.15, 0.2) is 0 Å². The van der Waals surface area contributed by atoms with Gasteiger partial charge in [0, 0.05) is 24.5 Å². The smallest absolute Gasteiger partial charge is 0.251 e. The maximum Gasteiger partial charge on any atom is 0.251 e. The third kappa shape index (κ3) is 2.33. The van der Waals surface area contributed by atoms with Gasteiger partial charge in [0.2, 0.25) is 0 Å². The zero-order chi connectivity index (χ0) is 10.7. The number of hydrogen-bond acceptors (Lipinski definition) is 3. The second-order valence-electron chi connectivity index (χ2n) is 4.00. The van der Waals surface area contributed by atoms with Gasteiger partial charge in [0.25, 0.3) is 5.91 Å². The van der Waals surface area contributed by atoms with Crippen molar-refractivity contribution in [2.75, 3.05) is 6.54 Å². The second kappa shape index (κ2) is 3.98. The maximum absolute atomic E-state index is 11.6. The number of nitrogens with one attached hydrogen (secondary N) is 1. The zero-order valence-electron chi connectivity index (χ0n) is 8.44. The number of amides is 1. The Labute approximate surface area is 88.3 Å². The van der Waals surface area contributed by atoms with Gasteiger partial charge in [-0.1, -0.05) is 0 Å². The number of pyridine rings is 1. The lowest BCUT2D eigenvalue weighted by molar-refractivity contribution is -0.0300. The van der Waals surface area contributed by atoms with Crippen molar-refractivity contribution in [1.29, 1.82) is 0 Å². The quantitative estimate of drug-likeness (QED) is 0.766. The molecule has 1 aromatic rings. The van der Waals surface area contributed by atoms with E-state index in [2.05, 4.69) is 10.3 Å². The lowest BCUT2D eigenvalue weighted by Crippen LogP contribution is -2.47. The molecule has 1 heterocycles. The van der Waals surface area contributed by atoms with Crippen molar-refractivity contribution in [3.63, 3.8) is 0 Å². The maximum atomic E-state index is 11.6. The van der Waals surface area contributed by atoms with Crippen LogP contribution in [-0.4, -0.2) is 28.1 Å². The van der Waals surface area contributed by atoms with Crippen LogP contribution >= 0.6 is 0 Å². The Balaban J connectivity index is 1.88. The molecule has 1 aliphatic rings. The molecule has 4 heteroatoms. The van der Waals surface area contributed by atoms with E-state index in [1.54, 1.807) is 24.5 Å². The first-order valence-corrected chi connectivity index (χ1v) is 5.10. The minimum Gasteiger partial charge on any atom is -0.388 e. The van der Waals surface area contributed by atoms with E-state index in [1.807, 2.05) is 0 Å². The summed E-state index contributed by atoms with van der Waals surface area (Å²) in [7, 11) is 0. The zero-order valence-corrected chi connectivity index (χ0v) is 8.44. The fourth-order valence-corrected chi connectivity index (χ4v) is 1.61. The summed E-state index contributed by atoms with van der Waals surface area (Å²) < 4.78 is 0. The van der Waals surface area contributed by atoms with Crippen LogP contribution in [0.1, 0.15) is 29.6 Å². The van der Waals surface area contributed by atoms with E-state index >= 15 is 0 Å². The Hall–Kier alpha value is -1.42. The van der Waals surface area contributed by atoms with E-state index in [4.69, 9.17) is 0 Å². The van der Waals surface area contributed by atoms with Crippen molar-refractivity contribution < 1.29 is 9.90 Å². The lowest BCUT2D eigenvalue weighted by Gasteiger charge is -2.36.